The van der Waals surface area contributed by atoms with Crippen molar-refractivity contribution in [2.45, 2.75) is 59.4 Å². The van der Waals surface area contributed by atoms with Crippen LogP contribution < -0.4 is 0 Å². The molecule has 0 aromatic carbocycles. The Balaban J connectivity index is 1.62. The topological polar surface area (TPSA) is 62.5 Å². The van der Waals surface area contributed by atoms with Crippen LogP contribution in [0.1, 0.15) is 57.7 Å². The van der Waals surface area contributed by atoms with Crippen molar-refractivity contribution >= 4 is 5.91 Å². The van der Waals surface area contributed by atoms with Gasteiger partial charge in [-0.05, 0) is 38.1 Å². The first-order valence-electron chi connectivity index (χ1n) is 9.25. The fraction of sp³-hybridized carbons (Fsp3) is 0.833. The second-order valence-corrected chi connectivity index (χ2v) is 8.03. The first kappa shape index (κ1) is 17.4. The van der Waals surface area contributed by atoms with Gasteiger partial charge in [-0.2, -0.15) is 0 Å². The number of carbonyl (C=O) groups excluding carboxylic acids is 1. The van der Waals surface area contributed by atoms with Gasteiger partial charge in [-0.3, -0.25) is 9.69 Å². The third-order valence-corrected chi connectivity index (χ3v) is 5.39. The predicted octanol–water partition coefficient (Wildman–Crippen LogP) is 2.63. The molecule has 2 aliphatic rings. The summed E-state index contributed by atoms with van der Waals surface area (Å²) in [5.41, 5.74) is 0.248. The van der Waals surface area contributed by atoms with E-state index in [0.29, 0.717) is 30.0 Å². The molecule has 3 heterocycles. The Morgan fingerprint density at radius 1 is 1.25 bits per heavy atom. The van der Waals surface area contributed by atoms with Gasteiger partial charge in [0.15, 0.2) is 0 Å². The smallest absolute Gasteiger partial charge is 0.230 e. The highest BCUT2D eigenvalue weighted by molar-refractivity contribution is 5.77. The van der Waals surface area contributed by atoms with E-state index in [4.69, 9.17) is 4.42 Å². The van der Waals surface area contributed by atoms with Gasteiger partial charge in [-0.15, -0.1) is 10.2 Å². The maximum absolute atomic E-state index is 12.3. The van der Waals surface area contributed by atoms with Gasteiger partial charge in [0, 0.05) is 38.4 Å². The zero-order chi connectivity index (χ0) is 17.2. The zero-order valence-electron chi connectivity index (χ0n) is 15.3. The van der Waals surface area contributed by atoms with Crippen molar-refractivity contribution in [2.24, 2.45) is 11.3 Å². The Bertz CT molecular complexity index is 571. The first-order valence-corrected chi connectivity index (χ1v) is 9.25. The van der Waals surface area contributed by atoms with Crippen LogP contribution in [0.5, 0.6) is 0 Å². The quantitative estimate of drug-likeness (QED) is 0.828. The molecule has 1 atom stereocenters. The molecule has 2 fully saturated rings. The molecule has 0 saturated carbocycles. The normalized spacial score (nSPS) is 25.8. The highest BCUT2D eigenvalue weighted by Crippen LogP contribution is 2.39. The van der Waals surface area contributed by atoms with Crippen LogP contribution in [-0.2, 0) is 11.3 Å². The molecule has 1 aromatic rings. The van der Waals surface area contributed by atoms with Crippen molar-refractivity contribution in [2.75, 3.05) is 26.2 Å². The highest BCUT2D eigenvalue weighted by atomic mass is 16.4. The molecule has 2 aliphatic heterocycles. The van der Waals surface area contributed by atoms with Gasteiger partial charge < -0.3 is 9.32 Å². The molecule has 0 aliphatic carbocycles. The zero-order valence-corrected chi connectivity index (χ0v) is 15.3. The molecule has 0 bridgehead atoms. The van der Waals surface area contributed by atoms with Gasteiger partial charge in [0.25, 0.3) is 0 Å². The van der Waals surface area contributed by atoms with E-state index in [-0.39, 0.29) is 5.41 Å². The van der Waals surface area contributed by atoms with Crippen LogP contribution in [0.25, 0.3) is 0 Å². The molecule has 1 spiro atoms. The average molecular weight is 334 g/mol. The van der Waals surface area contributed by atoms with Crippen LogP contribution in [-0.4, -0.2) is 52.1 Å². The van der Waals surface area contributed by atoms with E-state index in [2.05, 4.69) is 33.8 Å². The predicted molar refractivity (Wildman–Crippen MR) is 91.2 cm³/mol. The summed E-state index contributed by atoms with van der Waals surface area (Å²) in [5.74, 6) is 2.30. The lowest BCUT2D eigenvalue weighted by atomic mass is 9.73. The van der Waals surface area contributed by atoms with Gasteiger partial charge in [0.05, 0.1) is 6.54 Å². The third-order valence-electron chi connectivity index (χ3n) is 5.39. The summed E-state index contributed by atoms with van der Waals surface area (Å²) in [4.78, 5) is 16.8. The van der Waals surface area contributed by atoms with E-state index in [1.165, 1.54) is 12.8 Å². The van der Waals surface area contributed by atoms with Gasteiger partial charge in [-0.1, -0.05) is 13.8 Å². The number of rotatable bonds is 5. The second kappa shape index (κ2) is 7.21. The van der Waals surface area contributed by atoms with E-state index in [9.17, 15) is 4.79 Å². The summed E-state index contributed by atoms with van der Waals surface area (Å²) in [6.07, 6.45) is 5.21. The van der Waals surface area contributed by atoms with Crippen molar-refractivity contribution in [1.82, 2.24) is 20.0 Å². The summed E-state index contributed by atoms with van der Waals surface area (Å²) in [5, 5.41) is 8.05. The molecule has 6 nitrogen and oxygen atoms in total. The van der Waals surface area contributed by atoms with E-state index in [1.54, 1.807) is 0 Å². The van der Waals surface area contributed by atoms with Gasteiger partial charge in [0.2, 0.25) is 17.7 Å². The highest BCUT2D eigenvalue weighted by Gasteiger charge is 2.41. The van der Waals surface area contributed by atoms with Crippen LogP contribution in [0.4, 0.5) is 0 Å². The van der Waals surface area contributed by atoms with E-state index in [1.807, 2.05) is 6.92 Å². The maximum atomic E-state index is 12.3. The maximum Gasteiger partial charge on any atom is 0.230 e. The Labute approximate surface area is 144 Å². The number of hydrogen-bond donors (Lipinski definition) is 0. The molecule has 1 aromatic heterocycles. The monoisotopic (exact) mass is 334 g/mol. The number of likely N-dealkylation sites (tertiary alicyclic amines) is 2. The van der Waals surface area contributed by atoms with Crippen molar-refractivity contribution in [3.05, 3.63) is 11.8 Å². The van der Waals surface area contributed by atoms with Crippen LogP contribution in [0.3, 0.4) is 0 Å². The number of carbonyl (C=O) groups is 1. The Morgan fingerprint density at radius 3 is 2.79 bits per heavy atom. The van der Waals surface area contributed by atoms with Crippen LogP contribution in [0.2, 0.25) is 0 Å². The van der Waals surface area contributed by atoms with Crippen molar-refractivity contribution in [3.8, 4) is 0 Å². The van der Waals surface area contributed by atoms with Crippen molar-refractivity contribution in [1.29, 1.82) is 0 Å². The van der Waals surface area contributed by atoms with E-state index < -0.39 is 0 Å². The summed E-state index contributed by atoms with van der Waals surface area (Å²) < 4.78 is 5.54. The lowest BCUT2D eigenvalue weighted by Gasteiger charge is -2.48. The lowest BCUT2D eigenvalue weighted by Crippen LogP contribution is -2.54. The molecule has 0 radical (unpaired) electrons. The average Bonchev–Trinajstić information content (AvgIpc) is 2.94. The largest absolute Gasteiger partial charge is 0.424 e. The standard InChI is InChI=1S/C18H30N4O2/c1-14(2)6-10-22-13-18(8-5-17(22)23)7-4-9-21(12-18)11-16-20-19-15(3)24-16/h14H,4-13H2,1-3H3. The summed E-state index contributed by atoms with van der Waals surface area (Å²) in [7, 11) is 0. The van der Waals surface area contributed by atoms with Gasteiger partial charge >= 0.3 is 0 Å². The second-order valence-electron chi connectivity index (χ2n) is 8.03. The van der Waals surface area contributed by atoms with Crippen LogP contribution in [0, 0.1) is 18.3 Å². The number of aryl methyl sites for hydroxylation is 1. The molecule has 6 heteroatoms. The van der Waals surface area contributed by atoms with Gasteiger partial charge in [-0.25, -0.2) is 0 Å². The number of aromatic nitrogens is 2. The number of hydrogen-bond acceptors (Lipinski definition) is 5. The molecular weight excluding hydrogens is 304 g/mol. The summed E-state index contributed by atoms with van der Waals surface area (Å²) >= 11 is 0. The first-order chi connectivity index (χ1) is 11.5. The number of piperidine rings is 2. The fourth-order valence-electron chi connectivity index (χ4n) is 4.09. The third kappa shape index (κ3) is 4.15. The number of nitrogens with zero attached hydrogens (tertiary/aromatic N) is 4. The minimum atomic E-state index is 0.248. The minimum absolute atomic E-state index is 0.248. The SMILES string of the molecule is Cc1nnc(CN2CCCC3(CCC(=O)N(CCC(C)C)C3)C2)o1. The molecule has 1 amide bonds. The van der Waals surface area contributed by atoms with Crippen molar-refractivity contribution < 1.29 is 9.21 Å². The molecule has 3 rings (SSSR count). The molecule has 24 heavy (non-hydrogen) atoms. The van der Waals surface area contributed by atoms with Crippen molar-refractivity contribution in [3.63, 3.8) is 0 Å². The lowest BCUT2D eigenvalue weighted by molar-refractivity contribution is -0.139. The van der Waals surface area contributed by atoms with Gasteiger partial charge in [0.1, 0.15) is 0 Å². The fourth-order valence-corrected chi connectivity index (χ4v) is 4.09. The molecule has 1 unspecified atom stereocenters. The van der Waals surface area contributed by atoms with Crippen LogP contribution >= 0.6 is 0 Å². The number of amides is 1. The summed E-state index contributed by atoms with van der Waals surface area (Å²) in [6, 6.07) is 0. The molecular formula is C18H30N4O2. The molecule has 0 N–H and O–H groups in total. The molecule has 134 valence electrons. The van der Waals surface area contributed by atoms with E-state index in [0.717, 1.165) is 45.6 Å². The minimum Gasteiger partial charge on any atom is -0.424 e. The van der Waals surface area contributed by atoms with Crippen LogP contribution in [0.15, 0.2) is 4.42 Å². The Kier molecular flexibility index (Phi) is 5.23. The summed E-state index contributed by atoms with van der Waals surface area (Å²) in [6.45, 7) is 10.9. The van der Waals surface area contributed by atoms with E-state index >= 15 is 0 Å². The molecule has 2 saturated heterocycles. The Morgan fingerprint density at radius 2 is 2.08 bits per heavy atom. The Hall–Kier alpha value is -1.43.